The number of hydrogen-bond acceptors (Lipinski definition) is 1. The van der Waals surface area contributed by atoms with Crippen LogP contribution in [0.5, 0.6) is 0 Å². The van der Waals surface area contributed by atoms with Gasteiger partial charge in [-0.2, -0.15) is 0 Å². The van der Waals surface area contributed by atoms with Gasteiger partial charge in [0.05, 0.1) is 5.69 Å². The van der Waals surface area contributed by atoms with Crippen molar-refractivity contribution < 1.29 is 4.79 Å². The lowest BCUT2D eigenvalue weighted by molar-refractivity contribution is -0.110. The first kappa shape index (κ1) is 15.1. The van der Waals surface area contributed by atoms with Gasteiger partial charge in [-0.3, -0.25) is 4.79 Å². The minimum atomic E-state index is -0.158. The highest BCUT2D eigenvalue weighted by Crippen LogP contribution is 2.41. The first-order valence-corrected chi connectivity index (χ1v) is 8.27. The van der Waals surface area contributed by atoms with E-state index in [0.717, 1.165) is 25.8 Å². The zero-order valence-corrected chi connectivity index (χ0v) is 15.1. The van der Waals surface area contributed by atoms with E-state index in [0.29, 0.717) is 15.6 Å². The van der Waals surface area contributed by atoms with Crippen molar-refractivity contribution in [2.24, 2.45) is 0 Å². The summed E-state index contributed by atoms with van der Waals surface area (Å²) in [7, 11) is 0. The number of rotatable bonds is 1. The Morgan fingerprint density at radius 2 is 1.86 bits per heavy atom. The van der Waals surface area contributed by atoms with Crippen LogP contribution in [0.4, 0.5) is 5.69 Å². The summed E-state index contributed by atoms with van der Waals surface area (Å²) in [5.41, 5.74) is 2.90. The summed E-state index contributed by atoms with van der Waals surface area (Å²) >= 11 is 18.9. The molecule has 1 amide bonds. The van der Waals surface area contributed by atoms with Crippen molar-refractivity contribution >= 4 is 78.3 Å². The van der Waals surface area contributed by atoms with Gasteiger partial charge in [0.1, 0.15) is 0 Å². The summed E-state index contributed by atoms with van der Waals surface area (Å²) < 4.78 is 1.71. The zero-order chi connectivity index (χ0) is 15.1. The normalized spacial score (nSPS) is 15.2. The van der Waals surface area contributed by atoms with Crippen LogP contribution in [-0.2, 0) is 4.79 Å². The molecule has 0 radical (unpaired) electrons. The SMILES string of the molecule is O=C1Nc2c(Br)cc(Br)cc2C1=Cc1ccc(Cl)cc1Cl. The molecule has 2 nitrogen and oxygen atoms in total. The number of anilines is 1. The van der Waals surface area contributed by atoms with Crippen LogP contribution < -0.4 is 5.32 Å². The third-order valence-electron chi connectivity index (χ3n) is 3.09. The van der Waals surface area contributed by atoms with Crippen LogP contribution in [0.15, 0.2) is 39.3 Å². The first-order chi connectivity index (χ1) is 9.95. The highest BCUT2D eigenvalue weighted by atomic mass is 79.9. The van der Waals surface area contributed by atoms with Crippen molar-refractivity contribution in [3.05, 3.63) is 60.4 Å². The van der Waals surface area contributed by atoms with Crippen LogP contribution in [0.25, 0.3) is 11.6 Å². The number of fused-ring (bicyclic) bond motifs is 1. The van der Waals surface area contributed by atoms with Gasteiger partial charge in [0.2, 0.25) is 0 Å². The molecule has 0 spiro atoms. The van der Waals surface area contributed by atoms with Gasteiger partial charge in [-0.15, -0.1) is 0 Å². The molecule has 0 aliphatic carbocycles. The molecule has 1 aliphatic heterocycles. The molecule has 0 saturated heterocycles. The van der Waals surface area contributed by atoms with Gasteiger partial charge < -0.3 is 5.32 Å². The number of hydrogen-bond donors (Lipinski definition) is 1. The summed E-state index contributed by atoms with van der Waals surface area (Å²) in [6.07, 6.45) is 1.76. The molecule has 1 heterocycles. The summed E-state index contributed by atoms with van der Waals surface area (Å²) in [5.74, 6) is -0.158. The predicted molar refractivity (Wildman–Crippen MR) is 94.8 cm³/mol. The Morgan fingerprint density at radius 1 is 1.10 bits per heavy atom. The lowest BCUT2D eigenvalue weighted by atomic mass is 10.0. The molecule has 2 aromatic rings. The first-order valence-electron chi connectivity index (χ1n) is 5.93. The Kier molecular flexibility index (Phi) is 4.14. The fraction of sp³-hybridized carbons (Fsp3) is 0. The van der Waals surface area contributed by atoms with E-state index < -0.39 is 0 Å². The Bertz CT molecular complexity index is 803. The van der Waals surface area contributed by atoms with E-state index >= 15 is 0 Å². The summed E-state index contributed by atoms with van der Waals surface area (Å²) in [5, 5.41) is 3.91. The third kappa shape index (κ3) is 2.90. The number of carbonyl (C=O) groups excluding carboxylic acids is 1. The predicted octanol–water partition coefficient (Wildman–Crippen LogP) is 6.01. The maximum Gasteiger partial charge on any atom is 0.256 e. The van der Waals surface area contributed by atoms with Crippen LogP contribution in [0.2, 0.25) is 10.0 Å². The van der Waals surface area contributed by atoms with Crippen molar-refractivity contribution in [2.75, 3.05) is 5.32 Å². The molecule has 1 N–H and O–H groups in total. The largest absolute Gasteiger partial charge is 0.320 e. The van der Waals surface area contributed by atoms with E-state index in [1.165, 1.54) is 0 Å². The second-order valence-corrected chi connectivity index (χ2v) is 7.10. The Hall–Kier alpha value is -0.810. The second-order valence-electron chi connectivity index (χ2n) is 4.49. The second kappa shape index (κ2) is 5.76. The Labute approximate surface area is 148 Å². The number of carbonyl (C=O) groups is 1. The average Bonchev–Trinajstić information content (AvgIpc) is 2.70. The van der Waals surface area contributed by atoms with E-state index in [2.05, 4.69) is 37.2 Å². The fourth-order valence-corrected chi connectivity index (χ4v) is 3.92. The van der Waals surface area contributed by atoms with Crippen molar-refractivity contribution in [3.63, 3.8) is 0 Å². The molecule has 0 saturated carbocycles. The van der Waals surface area contributed by atoms with Gasteiger partial charge in [0.25, 0.3) is 5.91 Å². The molecule has 0 aromatic heterocycles. The van der Waals surface area contributed by atoms with Crippen LogP contribution >= 0.6 is 55.1 Å². The zero-order valence-electron chi connectivity index (χ0n) is 10.4. The molecule has 6 heteroatoms. The summed E-state index contributed by atoms with van der Waals surface area (Å²) in [4.78, 5) is 12.2. The fourth-order valence-electron chi connectivity index (χ4n) is 2.13. The number of nitrogens with one attached hydrogen (secondary N) is 1. The van der Waals surface area contributed by atoms with Crippen LogP contribution in [0, 0.1) is 0 Å². The molecule has 3 rings (SSSR count). The van der Waals surface area contributed by atoms with E-state index in [4.69, 9.17) is 23.2 Å². The molecule has 1 aliphatic rings. The van der Waals surface area contributed by atoms with Crippen molar-refractivity contribution in [2.45, 2.75) is 0 Å². The van der Waals surface area contributed by atoms with Gasteiger partial charge in [-0.1, -0.05) is 45.2 Å². The van der Waals surface area contributed by atoms with E-state index in [9.17, 15) is 4.79 Å². The molecule has 0 fully saturated rings. The molecule has 2 aromatic carbocycles. The molecular formula is C15H7Br2Cl2NO. The smallest absolute Gasteiger partial charge is 0.256 e. The molecule has 0 unspecified atom stereocenters. The van der Waals surface area contributed by atoms with E-state index in [-0.39, 0.29) is 5.91 Å². The minimum Gasteiger partial charge on any atom is -0.320 e. The van der Waals surface area contributed by atoms with Gasteiger partial charge in [-0.05, 0) is 51.8 Å². The Morgan fingerprint density at radius 3 is 2.57 bits per heavy atom. The van der Waals surface area contributed by atoms with Crippen LogP contribution in [0.1, 0.15) is 11.1 Å². The lowest BCUT2D eigenvalue weighted by Gasteiger charge is -2.03. The third-order valence-corrected chi connectivity index (χ3v) is 4.74. The maximum absolute atomic E-state index is 12.2. The van der Waals surface area contributed by atoms with Crippen LogP contribution in [-0.4, -0.2) is 5.91 Å². The molecule has 106 valence electrons. The van der Waals surface area contributed by atoms with E-state index in [1.54, 1.807) is 24.3 Å². The molecule has 0 bridgehead atoms. The number of halogens is 4. The standard InChI is InChI=1S/C15H7Br2Cl2NO/c16-8-4-10-11(15(21)20-14(10)12(17)5-8)3-7-1-2-9(18)6-13(7)19/h1-6H,(H,20,21). The Balaban J connectivity index is 2.16. The maximum atomic E-state index is 12.2. The number of benzene rings is 2. The quantitative estimate of drug-likeness (QED) is 0.533. The minimum absolute atomic E-state index is 0.158. The summed E-state index contributed by atoms with van der Waals surface area (Å²) in [6, 6.07) is 8.96. The number of amides is 1. The van der Waals surface area contributed by atoms with Crippen molar-refractivity contribution in [3.8, 4) is 0 Å². The highest BCUT2D eigenvalue weighted by molar-refractivity contribution is 9.11. The molecule has 21 heavy (non-hydrogen) atoms. The van der Waals surface area contributed by atoms with E-state index in [1.807, 2.05) is 12.1 Å². The molecular weight excluding hydrogens is 441 g/mol. The highest BCUT2D eigenvalue weighted by Gasteiger charge is 2.26. The summed E-state index contributed by atoms with van der Waals surface area (Å²) in [6.45, 7) is 0. The van der Waals surface area contributed by atoms with Gasteiger partial charge >= 0.3 is 0 Å². The molecule has 0 atom stereocenters. The topological polar surface area (TPSA) is 29.1 Å². The monoisotopic (exact) mass is 445 g/mol. The van der Waals surface area contributed by atoms with Gasteiger partial charge in [-0.25, -0.2) is 0 Å². The lowest BCUT2D eigenvalue weighted by Crippen LogP contribution is -2.03. The van der Waals surface area contributed by atoms with Gasteiger partial charge in [0.15, 0.2) is 0 Å². The van der Waals surface area contributed by atoms with Gasteiger partial charge in [0, 0.05) is 30.1 Å². The average molecular weight is 448 g/mol. The van der Waals surface area contributed by atoms with Crippen molar-refractivity contribution in [1.82, 2.24) is 0 Å². The van der Waals surface area contributed by atoms with Crippen molar-refractivity contribution in [1.29, 1.82) is 0 Å². The van der Waals surface area contributed by atoms with Crippen LogP contribution in [0.3, 0.4) is 0 Å².